The Bertz CT molecular complexity index is 341. The fourth-order valence-corrected chi connectivity index (χ4v) is 2.39. The van der Waals surface area contributed by atoms with Gasteiger partial charge in [-0.25, -0.2) is 0 Å². The number of aliphatic hydroxyl groups excluding tert-OH is 1. The molecule has 20 heavy (non-hydrogen) atoms. The first kappa shape index (κ1) is 17.0. The highest BCUT2D eigenvalue weighted by Gasteiger charge is 2.24. The van der Waals surface area contributed by atoms with E-state index in [4.69, 9.17) is 0 Å². The van der Waals surface area contributed by atoms with Crippen LogP contribution in [0.3, 0.4) is 0 Å². The molecule has 1 aromatic carbocycles. The molecule has 0 aliphatic rings. The van der Waals surface area contributed by atoms with Gasteiger partial charge in [-0.3, -0.25) is 0 Å². The molecule has 0 heterocycles. The number of anilines is 1. The van der Waals surface area contributed by atoms with Crippen molar-refractivity contribution < 1.29 is 5.11 Å². The molecule has 0 saturated heterocycles. The van der Waals surface area contributed by atoms with Crippen LogP contribution in [0.25, 0.3) is 0 Å². The summed E-state index contributed by atoms with van der Waals surface area (Å²) in [7, 11) is 2.13. The van der Waals surface area contributed by atoms with Crippen molar-refractivity contribution in [1.29, 1.82) is 0 Å². The van der Waals surface area contributed by atoms with Gasteiger partial charge in [-0.2, -0.15) is 0 Å². The molecule has 0 aromatic heterocycles. The monoisotopic (exact) mass is 278 g/mol. The van der Waals surface area contributed by atoms with Crippen molar-refractivity contribution >= 4 is 5.69 Å². The number of nitrogens with one attached hydrogen (secondary N) is 1. The van der Waals surface area contributed by atoms with Gasteiger partial charge < -0.3 is 15.3 Å². The summed E-state index contributed by atoms with van der Waals surface area (Å²) in [4.78, 5) is 2.28. The topological polar surface area (TPSA) is 35.5 Å². The van der Waals surface area contributed by atoms with Gasteiger partial charge in [0.2, 0.25) is 0 Å². The molecule has 1 aromatic rings. The van der Waals surface area contributed by atoms with E-state index < -0.39 is 0 Å². The van der Waals surface area contributed by atoms with Crippen LogP contribution in [0.15, 0.2) is 30.3 Å². The predicted octanol–water partition coefficient (Wildman–Crippen LogP) is 2.90. The molecule has 0 aliphatic carbocycles. The zero-order valence-corrected chi connectivity index (χ0v) is 13.2. The van der Waals surface area contributed by atoms with E-state index in [0.717, 1.165) is 38.9 Å². The van der Waals surface area contributed by atoms with Crippen molar-refractivity contribution in [3.05, 3.63) is 30.3 Å². The molecule has 0 saturated carbocycles. The Morgan fingerprint density at radius 2 is 1.80 bits per heavy atom. The highest BCUT2D eigenvalue weighted by Crippen LogP contribution is 2.24. The molecule has 0 atom stereocenters. The third-order valence-electron chi connectivity index (χ3n) is 4.38. The van der Waals surface area contributed by atoms with Crippen LogP contribution in [0, 0.1) is 5.41 Å². The molecular formula is C17H30N2O. The number of nitrogens with zero attached hydrogens (tertiary/aromatic N) is 1. The van der Waals surface area contributed by atoms with E-state index in [1.54, 1.807) is 0 Å². The molecule has 3 nitrogen and oxygen atoms in total. The van der Waals surface area contributed by atoms with E-state index in [9.17, 15) is 5.11 Å². The Morgan fingerprint density at radius 3 is 2.35 bits per heavy atom. The van der Waals surface area contributed by atoms with E-state index in [1.165, 1.54) is 5.69 Å². The predicted molar refractivity (Wildman–Crippen MR) is 87.3 cm³/mol. The number of rotatable bonds is 10. The maximum absolute atomic E-state index is 9.52. The Kier molecular flexibility index (Phi) is 7.63. The summed E-state index contributed by atoms with van der Waals surface area (Å²) in [6.45, 7) is 7.54. The Labute approximate surface area is 124 Å². The highest BCUT2D eigenvalue weighted by molar-refractivity contribution is 5.44. The first-order chi connectivity index (χ1) is 9.67. The molecule has 114 valence electrons. The van der Waals surface area contributed by atoms with Crippen molar-refractivity contribution in [3.8, 4) is 0 Å². The molecule has 0 aliphatic heterocycles. The highest BCUT2D eigenvalue weighted by atomic mass is 16.3. The van der Waals surface area contributed by atoms with Crippen LogP contribution in [0.1, 0.15) is 33.1 Å². The van der Waals surface area contributed by atoms with Crippen LogP contribution in [-0.4, -0.2) is 38.4 Å². The Balaban J connectivity index is 2.22. The maximum Gasteiger partial charge on any atom is 0.0499 e. The van der Waals surface area contributed by atoms with Crippen LogP contribution < -0.4 is 10.2 Å². The van der Waals surface area contributed by atoms with Crippen LogP contribution in [-0.2, 0) is 0 Å². The van der Waals surface area contributed by atoms with Gasteiger partial charge in [-0.1, -0.05) is 32.0 Å². The van der Waals surface area contributed by atoms with Crippen LogP contribution in [0.4, 0.5) is 5.69 Å². The standard InChI is InChI=1S/C17H30N2O/c1-4-17(5-2,15-20)14-18-12-9-13-19(3)16-10-7-6-8-11-16/h6-8,10-11,18,20H,4-5,9,12-15H2,1-3H3. The summed E-state index contributed by atoms with van der Waals surface area (Å²) in [5, 5.41) is 13.0. The van der Waals surface area contributed by atoms with E-state index in [2.05, 4.69) is 55.4 Å². The van der Waals surface area contributed by atoms with Crippen molar-refractivity contribution in [2.24, 2.45) is 5.41 Å². The molecular weight excluding hydrogens is 248 g/mol. The lowest BCUT2D eigenvalue weighted by Crippen LogP contribution is -2.37. The molecule has 0 bridgehead atoms. The fourth-order valence-electron chi connectivity index (χ4n) is 2.39. The van der Waals surface area contributed by atoms with Crippen LogP contribution >= 0.6 is 0 Å². The van der Waals surface area contributed by atoms with Gasteiger partial charge in [-0.05, 0) is 37.9 Å². The molecule has 1 rings (SSSR count). The summed E-state index contributed by atoms with van der Waals surface area (Å²) < 4.78 is 0. The summed E-state index contributed by atoms with van der Waals surface area (Å²) in [6, 6.07) is 10.5. The van der Waals surface area contributed by atoms with E-state index in [-0.39, 0.29) is 12.0 Å². The second-order valence-corrected chi connectivity index (χ2v) is 5.65. The van der Waals surface area contributed by atoms with Crippen molar-refractivity contribution in [2.45, 2.75) is 33.1 Å². The number of benzene rings is 1. The second kappa shape index (κ2) is 8.98. The molecule has 0 amide bonds. The van der Waals surface area contributed by atoms with Gasteiger partial charge in [0.15, 0.2) is 0 Å². The average Bonchev–Trinajstić information content (AvgIpc) is 2.52. The minimum Gasteiger partial charge on any atom is -0.396 e. The van der Waals surface area contributed by atoms with Gasteiger partial charge in [-0.15, -0.1) is 0 Å². The zero-order chi connectivity index (χ0) is 14.8. The van der Waals surface area contributed by atoms with Crippen molar-refractivity contribution in [3.63, 3.8) is 0 Å². The van der Waals surface area contributed by atoms with Crippen molar-refractivity contribution in [2.75, 3.05) is 38.2 Å². The van der Waals surface area contributed by atoms with Gasteiger partial charge in [0.05, 0.1) is 0 Å². The van der Waals surface area contributed by atoms with Crippen LogP contribution in [0.2, 0.25) is 0 Å². The number of para-hydroxylation sites is 1. The minimum atomic E-state index is 0.0608. The number of aliphatic hydroxyl groups is 1. The molecule has 0 unspecified atom stereocenters. The largest absolute Gasteiger partial charge is 0.396 e. The second-order valence-electron chi connectivity index (χ2n) is 5.65. The molecule has 3 heteroatoms. The van der Waals surface area contributed by atoms with Crippen molar-refractivity contribution in [1.82, 2.24) is 5.32 Å². The third kappa shape index (κ3) is 5.14. The van der Waals surface area contributed by atoms with E-state index in [0.29, 0.717) is 0 Å². The number of hydrogen-bond acceptors (Lipinski definition) is 3. The van der Waals surface area contributed by atoms with Gasteiger partial charge in [0, 0.05) is 37.8 Å². The quantitative estimate of drug-likeness (QED) is 0.646. The van der Waals surface area contributed by atoms with Gasteiger partial charge >= 0.3 is 0 Å². The zero-order valence-electron chi connectivity index (χ0n) is 13.2. The van der Waals surface area contributed by atoms with E-state index >= 15 is 0 Å². The van der Waals surface area contributed by atoms with Gasteiger partial charge in [0.1, 0.15) is 0 Å². The van der Waals surface area contributed by atoms with Crippen LogP contribution in [0.5, 0.6) is 0 Å². The Morgan fingerprint density at radius 1 is 1.15 bits per heavy atom. The smallest absolute Gasteiger partial charge is 0.0499 e. The Hall–Kier alpha value is -1.06. The minimum absolute atomic E-state index is 0.0608. The van der Waals surface area contributed by atoms with E-state index in [1.807, 2.05) is 6.07 Å². The lowest BCUT2D eigenvalue weighted by atomic mass is 9.83. The fraction of sp³-hybridized carbons (Fsp3) is 0.647. The lowest BCUT2D eigenvalue weighted by molar-refractivity contribution is 0.113. The third-order valence-corrected chi connectivity index (χ3v) is 4.38. The molecule has 0 spiro atoms. The summed E-state index contributed by atoms with van der Waals surface area (Å²) in [6.07, 6.45) is 3.16. The SMILES string of the molecule is CCC(CC)(CO)CNCCCN(C)c1ccccc1. The number of hydrogen-bond donors (Lipinski definition) is 2. The first-order valence-electron chi connectivity index (χ1n) is 7.75. The lowest BCUT2D eigenvalue weighted by Gasteiger charge is -2.29. The summed E-state index contributed by atoms with van der Waals surface area (Å²) >= 11 is 0. The average molecular weight is 278 g/mol. The van der Waals surface area contributed by atoms with Gasteiger partial charge in [0.25, 0.3) is 0 Å². The maximum atomic E-state index is 9.52. The summed E-state index contributed by atoms with van der Waals surface area (Å²) in [5.74, 6) is 0. The first-order valence-corrected chi connectivity index (χ1v) is 7.75. The summed E-state index contributed by atoms with van der Waals surface area (Å²) in [5.41, 5.74) is 1.32. The molecule has 0 radical (unpaired) electrons. The molecule has 2 N–H and O–H groups in total. The normalized spacial score (nSPS) is 11.6. The molecule has 0 fully saturated rings.